The number of amidine groups is 1. The van der Waals surface area contributed by atoms with Gasteiger partial charge in [0.2, 0.25) is 5.91 Å². The average Bonchev–Trinajstić information content (AvgIpc) is 3.13. The number of thioether (sulfide) groups is 1. The van der Waals surface area contributed by atoms with Gasteiger partial charge in [-0.2, -0.15) is 0 Å². The van der Waals surface area contributed by atoms with Crippen LogP contribution in [0.1, 0.15) is 18.9 Å². The lowest BCUT2D eigenvalue weighted by molar-refractivity contribution is -0.125. The van der Waals surface area contributed by atoms with Crippen LogP contribution in [0.4, 0.5) is 0 Å². The molecule has 0 spiro atoms. The molecule has 0 unspecified atom stereocenters. The van der Waals surface area contributed by atoms with Crippen LogP contribution >= 0.6 is 11.8 Å². The summed E-state index contributed by atoms with van der Waals surface area (Å²) < 4.78 is 0. The van der Waals surface area contributed by atoms with Gasteiger partial charge in [-0.15, -0.1) is 0 Å². The summed E-state index contributed by atoms with van der Waals surface area (Å²) >= 11 is 1.60. The highest BCUT2D eigenvalue weighted by Gasteiger charge is 2.46. The fraction of sp³-hybridized carbons (Fsp3) is 0.429. The number of piperidine rings is 1. The summed E-state index contributed by atoms with van der Waals surface area (Å²) in [5.41, 5.74) is 1.16. The van der Waals surface area contributed by atoms with E-state index in [0.717, 1.165) is 10.7 Å². The number of fused-ring (bicyclic) bond motifs is 2. The first-order chi connectivity index (χ1) is 13.6. The molecule has 2 aliphatic rings. The molecule has 0 radical (unpaired) electrons. The lowest BCUT2D eigenvalue weighted by atomic mass is 9.93. The Morgan fingerprint density at radius 1 is 1.21 bits per heavy atom. The van der Waals surface area contributed by atoms with E-state index in [2.05, 4.69) is 29.6 Å². The molecular weight excluding hydrogens is 374 g/mol. The summed E-state index contributed by atoms with van der Waals surface area (Å²) in [4.78, 5) is 18.6. The largest absolute Gasteiger partial charge is 0.388 e. The second-order valence-corrected chi connectivity index (χ2v) is 8.26. The normalized spacial score (nSPS) is 28.5. The molecule has 2 heterocycles. The Morgan fingerprint density at radius 3 is 2.82 bits per heavy atom. The van der Waals surface area contributed by atoms with Crippen molar-refractivity contribution in [3.8, 4) is 0 Å². The van der Waals surface area contributed by atoms with Crippen LogP contribution in [0.5, 0.6) is 0 Å². The molecule has 2 aromatic rings. The van der Waals surface area contributed by atoms with Gasteiger partial charge in [-0.05, 0) is 16.3 Å². The van der Waals surface area contributed by atoms with Gasteiger partial charge < -0.3 is 20.4 Å². The fourth-order valence-electron chi connectivity index (χ4n) is 3.92. The Labute approximate surface area is 168 Å². The van der Waals surface area contributed by atoms with E-state index in [1.165, 1.54) is 10.8 Å². The molecule has 0 bridgehead atoms. The predicted octanol–water partition coefficient (Wildman–Crippen LogP) is 1.74. The minimum Gasteiger partial charge on any atom is -0.388 e. The maximum absolute atomic E-state index is 11.8. The van der Waals surface area contributed by atoms with Gasteiger partial charge in [0.25, 0.3) is 0 Å². The van der Waals surface area contributed by atoms with E-state index in [-0.39, 0.29) is 11.9 Å². The molecule has 0 saturated carbocycles. The number of aliphatic imine (C=N–C) groups is 1. The first-order valence-corrected chi connectivity index (χ1v) is 10.6. The summed E-state index contributed by atoms with van der Waals surface area (Å²) in [7, 11) is 0. The van der Waals surface area contributed by atoms with Crippen LogP contribution in [0.25, 0.3) is 10.8 Å². The Kier molecular flexibility index (Phi) is 5.57. The molecule has 3 N–H and O–H groups in total. The van der Waals surface area contributed by atoms with Crippen LogP contribution in [-0.4, -0.2) is 62.8 Å². The SMILES string of the molecule is CCC(=O)N[C@H]1CN2C(=NCc3cccc4ccccc34)SC[C@@H]2[C@@H](O)[C@@H]1O. The third-order valence-electron chi connectivity index (χ3n) is 5.51. The maximum atomic E-state index is 11.8. The third-order valence-corrected chi connectivity index (χ3v) is 6.64. The van der Waals surface area contributed by atoms with Gasteiger partial charge in [-0.3, -0.25) is 9.79 Å². The van der Waals surface area contributed by atoms with Crippen LogP contribution < -0.4 is 5.32 Å². The first-order valence-electron chi connectivity index (χ1n) is 9.64. The number of amides is 1. The first kappa shape index (κ1) is 19.2. The minimum absolute atomic E-state index is 0.129. The van der Waals surface area contributed by atoms with E-state index < -0.39 is 18.2 Å². The number of carbonyl (C=O) groups excluding carboxylic acids is 1. The van der Waals surface area contributed by atoms with Crippen LogP contribution in [0.2, 0.25) is 0 Å². The number of carbonyl (C=O) groups is 1. The van der Waals surface area contributed by atoms with E-state index >= 15 is 0 Å². The maximum Gasteiger partial charge on any atom is 0.220 e. The van der Waals surface area contributed by atoms with Crippen LogP contribution in [-0.2, 0) is 11.3 Å². The van der Waals surface area contributed by atoms with Crippen molar-refractivity contribution in [2.45, 2.75) is 44.2 Å². The lowest BCUT2D eigenvalue weighted by Crippen LogP contribution is -2.65. The van der Waals surface area contributed by atoms with Crippen molar-refractivity contribution >= 4 is 33.6 Å². The molecule has 0 aromatic heterocycles. The quantitative estimate of drug-likeness (QED) is 0.729. The number of aliphatic hydroxyl groups is 2. The number of benzene rings is 2. The van der Waals surface area contributed by atoms with Gasteiger partial charge in [0.15, 0.2) is 5.17 Å². The minimum atomic E-state index is -0.963. The van der Waals surface area contributed by atoms with Gasteiger partial charge in [0, 0.05) is 18.7 Å². The molecular formula is C21H25N3O3S. The smallest absolute Gasteiger partial charge is 0.220 e. The van der Waals surface area contributed by atoms with Crippen molar-refractivity contribution in [1.82, 2.24) is 10.2 Å². The van der Waals surface area contributed by atoms with Gasteiger partial charge in [-0.25, -0.2) is 0 Å². The Morgan fingerprint density at radius 2 is 2.00 bits per heavy atom. The zero-order chi connectivity index (χ0) is 19.7. The Bertz CT molecular complexity index is 898. The highest BCUT2D eigenvalue weighted by molar-refractivity contribution is 8.14. The van der Waals surface area contributed by atoms with Crippen LogP contribution in [0.15, 0.2) is 47.5 Å². The second kappa shape index (κ2) is 8.11. The summed E-state index contributed by atoms with van der Waals surface area (Å²) in [6, 6.07) is 13.8. The van der Waals surface area contributed by atoms with Crippen molar-refractivity contribution in [3.63, 3.8) is 0 Å². The summed E-state index contributed by atoms with van der Waals surface area (Å²) in [5.74, 6) is 0.553. The number of nitrogens with zero attached hydrogens (tertiary/aromatic N) is 2. The van der Waals surface area contributed by atoms with Crippen molar-refractivity contribution < 1.29 is 15.0 Å². The van der Waals surface area contributed by atoms with Gasteiger partial charge in [0.05, 0.1) is 18.6 Å². The molecule has 0 aliphatic carbocycles. The number of rotatable bonds is 4. The second-order valence-electron chi connectivity index (χ2n) is 7.28. The highest BCUT2D eigenvalue weighted by atomic mass is 32.2. The monoisotopic (exact) mass is 399 g/mol. The molecule has 6 nitrogen and oxygen atoms in total. The number of aliphatic hydroxyl groups excluding tert-OH is 2. The van der Waals surface area contributed by atoms with E-state index in [9.17, 15) is 15.0 Å². The molecule has 4 rings (SSSR count). The summed E-state index contributed by atoms with van der Waals surface area (Å²) in [6.07, 6.45) is -1.53. The molecule has 4 atom stereocenters. The number of hydrogen-bond donors (Lipinski definition) is 3. The molecule has 7 heteroatoms. The van der Waals surface area contributed by atoms with E-state index in [0.29, 0.717) is 25.3 Å². The molecule has 2 fully saturated rings. The molecule has 28 heavy (non-hydrogen) atoms. The van der Waals surface area contributed by atoms with Crippen molar-refractivity contribution in [3.05, 3.63) is 48.0 Å². The van der Waals surface area contributed by atoms with E-state index in [1.807, 2.05) is 23.1 Å². The third kappa shape index (κ3) is 3.62. The summed E-state index contributed by atoms with van der Waals surface area (Å²) in [6.45, 7) is 2.78. The van der Waals surface area contributed by atoms with Gasteiger partial charge >= 0.3 is 0 Å². The fourth-order valence-corrected chi connectivity index (χ4v) is 5.14. The molecule has 148 valence electrons. The molecule has 2 aliphatic heterocycles. The van der Waals surface area contributed by atoms with Crippen molar-refractivity contribution in [2.75, 3.05) is 12.3 Å². The standard InChI is InChI=1S/C21H25N3O3S/c1-2-18(25)23-16-11-24-17(20(27)19(16)26)12-28-21(24)22-10-14-8-5-7-13-6-3-4-9-15(13)14/h3-9,16-17,19-20,26-27H,2,10-12H2,1H3,(H,23,25)/t16-,17+,19+,20+/m0/s1. The van der Waals surface area contributed by atoms with Crippen LogP contribution in [0.3, 0.4) is 0 Å². The zero-order valence-electron chi connectivity index (χ0n) is 15.8. The van der Waals surface area contributed by atoms with E-state index in [1.54, 1.807) is 18.7 Å². The van der Waals surface area contributed by atoms with Gasteiger partial charge in [0.1, 0.15) is 12.2 Å². The average molecular weight is 400 g/mol. The number of hydrogen-bond acceptors (Lipinski definition) is 5. The molecule has 1 amide bonds. The molecule has 2 aromatic carbocycles. The van der Waals surface area contributed by atoms with Gasteiger partial charge in [-0.1, -0.05) is 61.2 Å². The van der Waals surface area contributed by atoms with Crippen molar-refractivity contribution in [1.29, 1.82) is 0 Å². The lowest BCUT2D eigenvalue weighted by Gasteiger charge is -2.42. The van der Waals surface area contributed by atoms with Crippen molar-refractivity contribution in [2.24, 2.45) is 4.99 Å². The Balaban J connectivity index is 1.54. The van der Waals surface area contributed by atoms with Crippen LogP contribution in [0, 0.1) is 0 Å². The predicted molar refractivity (Wildman–Crippen MR) is 112 cm³/mol. The topological polar surface area (TPSA) is 85.2 Å². The highest BCUT2D eigenvalue weighted by Crippen LogP contribution is 2.32. The summed E-state index contributed by atoms with van der Waals surface area (Å²) in [5, 5.41) is 27.0. The number of nitrogens with one attached hydrogen (secondary N) is 1. The zero-order valence-corrected chi connectivity index (χ0v) is 16.6. The Hall–Kier alpha value is -2.09. The molecule has 2 saturated heterocycles. The van der Waals surface area contributed by atoms with E-state index in [4.69, 9.17) is 4.99 Å².